The number of ether oxygens (including phenoxy) is 1. The molecule has 2 fully saturated rings. The molecule has 2 aromatic rings. The number of carbonyl (C=O) groups excluding carboxylic acids is 1. The van der Waals surface area contributed by atoms with E-state index in [1.165, 1.54) is 0 Å². The van der Waals surface area contributed by atoms with E-state index in [-0.39, 0.29) is 23.1 Å². The lowest BCUT2D eigenvalue weighted by Crippen LogP contribution is -2.57. The molecular weight excluding hydrogens is 354 g/mol. The van der Waals surface area contributed by atoms with Crippen molar-refractivity contribution in [3.8, 4) is 5.88 Å². The minimum atomic E-state index is -0.245. The summed E-state index contributed by atoms with van der Waals surface area (Å²) in [6.07, 6.45) is 2.51. The van der Waals surface area contributed by atoms with Gasteiger partial charge in [0, 0.05) is 54.4 Å². The van der Waals surface area contributed by atoms with Crippen molar-refractivity contribution in [2.75, 3.05) is 30.3 Å². The molecule has 2 aliphatic heterocycles. The Hall–Kier alpha value is -2.93. The highest BCUT2D eigenvalue weighted by atomic mass is 16.5. The van der Waals surface area contributed by atoms with Crippen LogP contribution in [-0.2, 0) is 4.79 Å². The third kappa shape index (κ3) is 3.11. The number of amides is 1. The van der Waals surface area contributed by atoms with Crippen molar-refractivity contribution in [3.05, 3.63) is 47.7 Å². The van der Waals surface area contributed by atoms with Gasteiger partial charge in [0.2, 0.25) is 11.8 Å². The molecule has 7 heteroatoms. The number of hydrogen-bond acceptors (Lipinski definition) is 6. The summed E-state index contributed by atoms with van der Waals surface area (Å²) in [6, 6.07) is 9.00. The number of pyridine rings is 1. The van der Waals surface area contributed by atoms with Crippen LogP contribution in [0.15, 0.2) is 36.5 Å². The predicted molar refractivity (Wildman–Crippen MR) is 109 cm³/mol. The second-order valence-electron chi connectivity index (χ2n) is 7.79. The van der Waals surface area contributed by atoms with Crippen LogP contribution in [0.1, 0.15) is 31.4 Å². The molecule has 7 nitrogen and oxygen atoms in total. The highest BCUT2D eigenvalue weighted by molar-refractivity contribution is 6.14. The molecule has 1 aromatic heterocycles. The molecule has 2 aliphatic rings. The maximum atomic E-state index is 12.8. The number of hydrogen-bond donors (Lipinski definition) is 3. The normalized spacial score (nSPS) is 17.8. The first-order valence-corrected chi connectivity index (χ1v) is 9.54. The van der Waals surface area contributed by atoms with E-state index in [0.717, 1.165) is 25.2 Å². The smallest absolute Gasteiger partial charge is 0.235 e. The number of rotatable bonds is 5. The molecular formula is C21H25N5O2. The molecule has 1 amide bonds. The molecule has 1 aromatic carbocycles. The van der Waals surface area contributed by atoms with Gasteiger partial charge in [-0.25, -0.2) is 4.98 Å². The number of nitrogen functional groups attached to an aromatic ring is 1. The Bertz CT molecular complexity index is 919. The summed E-state index contributed by atoms with van der Waals surface area (Å²) in [7, 11) is 0. The van der Waals surface area contributed by atoms with E-state index in [4.69, 9.17) is 15.9 Å². The van der Waals surface area contributed by atoms with E-state index < -0.39 is 0 Å². The van der Waals surface area contributed by atoms with Crippen molar-refractivity contribution in [3.63, 3.8) is 0 Å². The van der Waals surface area contributed by atoms with Crippen LogP contribution in [0.25, 0.3) is 0 Å². The Morgan fingerprint density at radius 2 is 2.11 bits per heavy atom. The van der Waals surface area contributed by atoms with E-state index in [2.05, 4.69) is 10.3 Å². The van der Waals surface area contributed by atoms with E-state index in [1.54, 1.807) is 24.4 Å². The molecule has 3 heterocycles. The monoisotopic (exact) mass is 379 g/mol. The number of carbonyl (C=O) groups is 1. The van der Waals surface area contributed by atoms with E-state index >= 15 is 0 Å². The van der Waals surface area contributed by atoms with Crippen molar-refractivity contribution < 1.29 is 9.53 Å². The van der Waals surface area contributed by atoms with Gasteiger partial charge in [-0.3, -0.25) is 10.2 Å². The first-order chi connectivity index (χ1) is 13.4. The molecule has 1 spiro atoms. The second kappa shape index (κ2) is 6.91. The van der Waals surface area contributed by atoms with Gasteiger partial charge in [0.05, 0.1) is 17.2 Å². The highest BCUT2D eigenvalue weighted by Crippen LogP contribution is 2.38. The molecule has 0 aliphatic carbocycles. The number of nitrogens with zero attached hydrogens (tertiary/aromatic N) is 2. The molecule has 0 bridgehead atoms. The average Bonchev–Trinajstić information content (AvgIpc) is 2.99. The van der Waals surface area contributed by atoms with Gasteiger partial charge in [-0.15, -0.1) is 0 Å². The minimum Gasteiger partial charge on any atom is -0.475 e. The van der Waals surface area contributed by atoms with Gasteiger partial charge in [0.25, 0.3) is 0 Å². The Morgan fingerprint density at radius 3 is 2.68 bits per heavy atom. The third-order valence-electron chi connectivity index (χ3n) is 5.44. The lowest BCUT2D eigenvalue weighted by atomic mass is 9.80. The summed E-state index contributed by atoms with van der Waals surface area (Å²) in [4.78, 5) is 18.9. The SMILES string of the molecule is CC(C)Oc1ccc(C(=N)c2cc(N3CCC4(CNC4)C3=O)ccc2N)cn1. The zero-order chi connectivity index (χ0) is 19.9. The van der Waals surface area contributed by atoms with Crippen molar-refractivity contribution in [1.82, 2.24) is 10.3 Å². The van der Waals surface area contributed by atoms with Gasteiger partial charge < -0.3 is 20.7 Å². The number of anilines is 2. The molecule has 4 N–H and O–H groups in total. The lowest BCUT2D eigenvalue weighted by molar-refractivity contribution is -0.127. The van der Waals surface area contributed by atoms with Crippen molar-refractivity contribution in [2.24, 2.45) is 5.41 Å². The van der Waals surface area contributed by atoms with Gasteiger partial charge in [-0.2, -0.15) is 0 Å². The maximum Gasteiger partial charge on any atom is 0.235 e. The molecule has 0 unspecified atom stereocenters. The molecule has 0 radical (unpaired) electrons. The molecule has 146 valence electrons. The Morgan fingerprint density at radius 1 is 1.32 bits per heavy atom. The van der Waals surface area contributed by atoms with Crippen LogP contribution >= 0.6 is 0 Å². The third-order valence-corrected chi connectivity index (χ3v) is 5.44. The summed E-state index contributed by atoms with van der Waals surface area (Å²) in [5, 5.41) is 11.8. The summed E-state index contributed by atoms with van der Waals surface area (Å²) in [6.45, 7) is 6.06. The molecule has 28 heavy (non-hydrogen) atoms. The topological polar surface area (TPSA) is 104 Å². The van der Waals surface area contributed by atoms with Crippen LogP contribution in [0.2, 0.25) is 0 Å². The van der Waals surface area contributed by atoms with Gasteiger partial charge in [-0.05, 0) is 44.5 Å². The fourth-order valence-corrected chi connectivity index (χ4v) is 3.75. The second-order valence-corrected chi connectivity index (χ2v) is 7.79. The largest absolute Gasteiger partial charge is 0.475 e. The molecule has 4 rings (SSSR count). The van der Waals surface area contributed by atoms with Crippen LogP contribution in [0.3, 0.4) is 0 Å². The highest BCUT2D eigenvalue weighted by Gasteiger charge is 2.51. The summed E-state index contributed by atoms with van der Waals surface area (Å²) < 4.78 is 5.56. The lowest BCUT2D eigenvalue weighted by Gasteiger charge is -2.37. The van der Waals surface area contributed by atoms with E-state index in [1.807, 2.05) is 30.9 Å². The zero-order valence-corrected chi connectivity index (χ0v) is 16.2. The van der Waals surface area contributed by atoms with Crippen molar-refractivity contribution in [2.45, 2.75) is 26.4 Å². The fraction of sp³-hybridized carbons (Fsp3) is 0.381. The summed E-state index contributed by atoms with van der Waals surface area (Å²) in [5.74, 6) is 0.681. The van der Waals surface area contributed by atoms with Crippen LogP contribution in [0.5, 0.6) is 5.88 Å². The zero-order valence-electron chi connectivity index (χ0n) is 16.2. The van der Waals surface area contributed by atoms with Gasteiger partial charge >= 0.3 is 0 Å². The first kappa shape index (κ1) is 18.4. The maximum absolute atomic E-state index is 12.8. The summed E-state index contributed by atoms with van der Waals surface area (Å²) in [5.41, 5.74) is 8.71. The summed E-state index contributed by atoms with van der Waals surface area (Å²) >= 11 is 0. The number of nitrogens with one attached hydrogen (secondary N) is 2. The van der Waals surface area contributed by atoms with Crippen LogP contribution < -0.4 is 20.7 Å². The van der Waals surface area contributed by atoms with Crippen molar-refractivity contribution in [1.29, 1.82) is 5.41 Å². The Labute approximate surface area is 164 Å². The van der Waals surface area contributed by atoms with Crippen LogP contribution in [0.4, 0.5) is 11.4 Å². The van der Waals surface area contributed by atoms with Gasteiger partial charge in [-0.1, -0.05) is 0 Å². The predicted octanol–water partition coefficient (Wildman–Crippen LogP) is 2.19. The quantitative estimate of drug-likeness (QED) is 0.546. The van der Waals surface area contributed by atoms with E-state index in [0.29, 0.717) is 29.2 Å². The average molecular weight is 379 g/mol. The van der Waals surface area contributed by atoms with Crippen molar-refractivity contribution >= 4 is 23.0 Å². The number of aromatic nitrogens is 1. The van der Waals surface area contributed by atoms with Gasteiger partial charge in [0.1, 0.15) is 0 Å². The first-order valence-electron chi connectivity index (χ1n) is 9.54. The molecule has 0 saturated carbocycles. The standard InChI is InChI=1S/C21H25N5O2/c1-13(2)28-18-6-3-14(10-25-18)19(23)16-9-15(4-5-17(16)22)26-8-7-21(20(26)27)11-24-12-21/h3-6,9-10,13,23-24H,7-8,11-12,22H2,1-2H3. The molecule has 0 atom stereocenters. The van der Waals surface area contributed by atoms with Gasteiger partial charge in [0.15, 0.2) is 0 Å². The van der Waals surface area contributed by atoms with E-state index in [9.17, 15) is 4.79 Å². The molecule has 2 saturated heterocycles. The Kier molecular flexibility index (Phi) is 4.55. The number of nitrogens with two attached hydrogens (primary N) is 1. The minimum absolute atomic E-state index is 0.0392. The van der Waals surface area contributed by atoms with Crippen LogP contribution in [0, 0.1) is 10.8 Å². The van der Waals surface area contributed by atoms with Crippen LogP contribution in [-0.4, -0.2) is 42.3 Å². The number of benzene rings is 1. The fourth-order valence-electron chi connectivity index (χ4n) is 3.75. The Balaban J connectivity index is 1.59.